The summed E-state index contributed by atoms with van der Waals surface area (Å²) in [6.45, 7) is 4.76. The van der Waals surface area contributed by atoms with Crippen molar-refractivity contribution in [2.75, 3.05) is 18.5 Å². The van der Waals surface area contributed by atoms with Crippen LogP contribution in [0.3, 0.4) is 0 Å². The first-order valence-electron chi connectivity index (χ1n) is 8.49. The van der Waals surface area contributed by atoms with E-state index in [4.69, 9.17) is 4.74 Å². The number of aliphatic hydroxyl groups is 1. The Bertz CT molecular complexity index is 738. The number of urea groups is 1. The van der Waals surface area contributed by atoms with E-state index in [-0.39, 0.29) is 12.6 Å². The summed E-state index contributed by atoms with van der Waals surface area (Å²) in [5, 5.41) is 13.1. The van der Waals surface area contributed by atoms with Crippen molar-refractivity contribution in [2.45, 2.75) is 32.4 Å². The Morgan fingerprint density at radius 1 is 1.24 bits per heavy atom. The molecule has 3 rings (SSSR count). The predicted octanol–water partition coefficient (Wildman–Crippen LogP) is 3.43. The highest BCUT2D eigenvalue weighted by molar-refractivity contribution is 5.89. The maximum absolute atomic E-state index is 12.8. The number of carbonyl (C=O) groups is 1. The molecule has 0 aromatic heterocycles. The lowest BCUT2D eigenvalue weighted by atomic mass is 10.1. The van der Waals surface area contributed by atoms with Gasteiger partial charge in [0, 0.05) is 18.7 Å². The summed E-state index contributed by atoms with van der Waals surface area (Å²) in [6, 6.07) is 15.2. The summed E-state index contributed by atoms with van der Waals surface area (Å²) in [5.41, 5.74) is 1.89. The van der Waals surface area contributed by atoms with Crippen LogP contribution in [-0.2, 0) is 13.0 Å². The molecule has 1 aliphatic rings. The molecule has 0 atom stereocenters. The van der Waals surface area contributed by atoms with Gasteiger partial charge in [0.1, 0.15) is 5.75 Å². The minimum atomic E-state index is -0.974. The number of carbonyl (C=O) groups excluding carboxylic acids is 1. The van der Waals surface area contributed by atoms with Gasteiger partial charge in [-0.05, 0) is 43.2 Å². The molecule has 25 heavy (non-hydrogen) atoms. The molecule has 2 aromatic carbocycles. The fourth-order valence-corrected chi connectivity index (χ4v) is 2.94. The van der Waals surface area contributed by atoms with Crippen LogP contribution in [0.4, 0.5) is 10.5 Å². The van der Waals surface area contributed by atoms with E-state index < -0.39 is 5.60 Å². The van der Waals surface area contributed by atoms with Crippen LogP contribution in [0, 0.1) is 0 Å². The zero-order chi connectivity index (χ0) is 17.9. The van der Waals surface area contributed by atoms with E-state index in [0.29, 0.717) is 13.2 Å². The molecule has 0 fully saturated rings. The number of ether oxygens (including phenoxy) is 1. The topological polar surface area (TPSA) is 61.8 Å². The van der Waals surface area contributed by atoms with Crippen LogP contribution in [0.2, 0.25) is 0 Å². The number of hydrogen-bond donors (Lipinski definition) is 2. The molecular weight excluding hydrogens is 316 g/mol. The van der Waals surface area contributed by atoms with Gasteiger partial charge in [-0.2, -0.15) is 0 Å². The summed E-state index contributed by atoms with van der Waals surface area (Å²) in [6.07, 6.45) is 0.858. The number of nitrogens with one attached hydrogen (secondary N) is 1. The molecule has 0 aliphatic carbocycles. The van der Waals surface area contributed by atoms with Crippen molar-refractivity contribution in [2.24, 2.45) is 0 Å². The maximum atomic E-state index is 12.8. The summed E-state index contributed by atoms with van der Waals surface area (Å²) >= 11 is 0. The second-order valence-electron chi connectivity index (χ2n) is 7.01. The number of benzene rings is 2. The van der Waals surface area contributed by atoms with Gasteiger partial charge in [-0.25, -0.2) is 4.79 Å². The monoisotopic (exact) mass is 340 g/mol. The number of nitrogens with zero attached hydrogens (tertiary/aromatic N) is 1. The Morgan fingerprint density at radius 3 is 2.72 bits per heavy atom. The van der Waals surface area contributed by atoms with E-state index in [1.54, 1.807) is 18.7 Å². The van der Waals surface area contributed by atoms with E-state index in [9.17, 15) is 9.90 Å². The first-order valence-corrected chi connectivity index (χ1v) is 8.49. The van der Waals surface area contributed by atoms with Crippen LogP contribution in [0.1, 0.15) is 25.0 Å². The number of rotatable bonds is 5. The molecule has 0 saturated heterocycles. The standard InChI is InChI=1S/C20H24N2O3/c1-20(2,24)14-22(13-15-6-4-3-5-7-15)19(23)21-17-8-9-18-16(12-17)10-11-25-18/h3-9,12,24H,10-11,13-14H2,1-2H3,(H,21,23). The van der Waals surface area contributed by atoms with Crippen LogP contribution >= 0.6 is 0 Å². The highest BCUT2D eigenvalue weighted by Gasteiger charge is 2.23. The van der Waals surface area contributed by atoms with E-state index in [1.165, 1.54) is 0 Å². The van der Waals surface area contributed by atoms with Crippen molar-refractivity contribution < 1.29 is 14.6 Å². The van der Waals surface area contributed by atoms with Gasteiger partial charge in [-0.3, -0.25) is 0 Å². The summed E-state index contributed by atoms with van der Waals surface area (Å²) in [5.74, 6) is 0.885. The molecule has 0 radical (unpaired) electrons. The minimum Gasteiger partial charge on any atom is -0.493 e. The van der Waals surface area contributed by atoms with E-state index in [1.807, 2.05) is 48.5 Å². The highest BCUT2D eigenvalue weighted by Crippen LogP contribution is 2.28. The zero-order valence-corrected chi connectivity index (χ0v) is 14.7. The lowest BCUT2D eigenvalue weighted by Crippen LogP contribution is -2.43. The van der Waals surface area contributed by atoms with Crippen molar-refractivity contribution in [1.29, 1.82) is 0 Å². The normalized spacial score (nSPS) is 13.1. The quantitative estimate of drug-likeness (QED) is 0.877. The van der Waals surface area contributed by atoms with Crippen LogP contribution in [-0.4, -0.2) is 34.8 Å². The SMILES string of the molecule is CC(C)(O)CN(Cc1ccccc1)C(=O)Nc1ccc2c(c1)CCO2. The Labute approximate surface area is 148 Å². The van der Waals surface area contributed by atoms with Gasteiger partial charge in [0.2, 0.25) is 0 Å². The molecular formula is C20H24N2O3. The smallest absolute Gasteiger partial charge is 0.322 e. The van der Waals surface area contributed by atoms with Crippen LogP contribution in [0.25, 0.3) is 0 Å². The van der Waals surface area contributed by atoms with Gasteiger partial charge >= 0.3 is 6.03 Å². The number of fused-ring (bicyclic) bond motifs is 1. The van der Waals surface area contributed by atoms with Gasteiger partial charge in [-0.1, -0.05) is 30.3 Å². The fraction of sp³-hybridized carbons (Fsp3) is 0.350. The summed E-state index contributed by atoms with van der Waals surface area (Å²) in [7, 11) is 0. The molecule has 0 bridgehead atoms. The van der Waals surface area contributed by atoms with Gasteiger partial charge in [0.25, 0.3) is 0 Å². The molecule has 132 valence electrons. The molecule has 0 saturated carbocycles. The fourth-order valence-electron chi connectivity index (χ4n) is 2.94. The van der Waals surface area contributed by atoms with Crippen LogP contribution < -0.4 is 10.1 Å². The number of amides is 2. The van der Waals surface area contributed by atoms with Crippen molar-refractivity contribution in [3.05, 3.63) is 59.7 Å². The number of hydrogen-bond acceptors (Lipinski definition) is 3. The Morgan fingerprint density at radius 2 is 2.00 bits per heavy atom. The largest absolute Gasteiger partial charge is 0.493 e. The Kier molecular flexibility index (Phi) is 4.95. The third-order valence-electron chi connectivity index (χ3n) is 4.02. The second kappa shape index (κ2) is 7.15. The lowest BCUT2D eigenvalue weighted by Gasteiger charge is -2.29. The highest BCUT2D eigenvalue weighted by atomic mass is 16.5. The minimum absolute atomic E-state index is 0.232. The predicted molar refractivity (Wildman–Crippen MR) is 97.8 cm³/mol. The van der Waals surface area contributed by atoms with E-state index in [2.05, 4.69) is 5.32 Å². The Hall–Kier alpha value is -2.53. The van der Waals surface area contributed by atoms with Gasteiger partial charge in [0.15, 0.2) is 0 Å². The second-order valence-corrected chi connectivity index (χ2v) is 7.01. The van der Waals surface area contributed by atoms with E-state index >= 15 is 0 Å². The number of anilines is 1. The van der Waals surface area contributed by atoms with E-state index in [0.717, 1.165) is 29.0 Å². The molecule has 2 amide bonds. The van der Waals surface area contributed by atoms with Crippen LogP contribution in [0.5, 0.6) is 5.75 Å². The first-order chi connectivity index (χ1) is 11.9. The van der Waals surface area contributed by atoms with Crippen molar-refractivity contribution >= 4 is 11.7 Å². The molecule has 0 unspecified atom stereocenters. The van der Waals surface area contributed by atoms with Gasteiger partial charge < -0.3 is 20.1 Å². The van der Waals surface area contributed by atoms with Crippen molar-refractivity contribution in [3.8, 4) is 5.75 Å². The molecule has 0 spiro atoms. The molecule has 1 heterocycles. The van der Waals surface area contributed by atoms with Crippen molar-refractivity contribution in [3.63, 3.8) is 0 Å². The van der Waals surface area contributed by atoms with Crippen molar-refractivity contribution in [1.82, 2.24) is 4.90 Å². The summed E-state index contributed by atoms with van der Waals surface area (Å²) < 4.78 is 5.49. The molecule has 5 nitrogen and oxygen atoms in total. The zero-order valence-electron chi connectivity index (χ0n) is 14.7. The average Bonchev–Trinajstić information content (AvgIpc) is 3.01. The van der Waals surface area contributed by atoms with Crippen LogP contribution in [0.15, 0.2) is 48.5 Å². The lowest BCUT2D eigenvalue weighted by molar-refractivity contribution is 0.0469. The Balaban J connectivity index is 1.74. The molecule has 5 heteroatoms. The molecule has 2 N–H and O–H groups in total. The molecule has 2 aromatic rings. The summed E-state index contributed by atoms with van der Waals surface area (Å²) in [4.78, 5) is 14.4. The first kappa shape index (κ1) is 17.3. The maximum Gasteiger partial charge on any atom is 0.322 e. The molecule has 1 aliphatic heterocycles. The van der Waals surface area contributed by atoms with Gasteiger partial charge in [-0.15, -0.1) is 0 Å². The third-order valence-corrected chi connectivity index (χ3v) is 4.02. The van der Waals surface area contributed by atoms with Gasteiger partial charge in [0.05, 0.1) is 18.8 Å². The average molecular weight is 340 g/mol. The third kappa shape index (κ3) is 4.73.